The molecule has 0 saturated heterocycles. The number of carbonyl (C=O) groups is 2. The van der Waals surface area contributed by atoms with Crippen LogP contribution in [0.4, 0.5) is 8.78 Å². The molecule has 0 fully saturated rings. The van der Waals surface area contributed by atoms with Crippen molar-refractivity contribution in [1.82, 2.24) is 15.6 Å². The number of rotatable bonds is 6. The van der Waals surface area contributed by atoms with Crippen molar-refractivity contribution in [3.63, 3.8) is 0 Å². The summed E-state index contributed by atoms with van der Waals surface area (Å²) in [7, 11) is 1.36. The number of nitrogens with zero attached hydrogens (tertiary/aromatic N) is 1. The zero-order valence-corrected chi connectivity index (χ0v) is 16.0. The van der Waals surface area contributed by atoms with E-state index in [4.69, 9.17) is 16.3 Å². The molecule has 0 radical (unpaired) electrons. The molecule has 1 unspecified atom stereocenters. The topological polar surface area (TPSA) is 80.3 Å². The fourth-order valence-corrected chi connectivity index (χ4v) is 2.93. The van der Waals surface area contributed by atoms with Gasteiger partial charge in [-0.15, -0.1) is 0 Å². The van der Waals surface area contributed by atoms with E-state index in [-0.39, 0.29) is 5.56 Å². The molecule has 1 aromatic heterocycles. The first-order valence-electron chi connectivity index (χ1n) is 8.52. The highest BCUT2D eigenvalue weighted by Gasteiger charge is 2.23. The van der Waals surface area contributed by atoms with Crippen molar-refractivity contribution in [2.24, 2.45) is 0 Å². The van der Waals surface area contributed by atoms with E-state index in [1.807, 2.05) is 0 Å². The van der Waals surface area contributed by atoms with Gasteiger partial charge in [0.25, 0.3) is 5.91 Å². The van der Waals surface area contributed by atoms with Gasteiger partial charge in [-0.05, 0) is 42.0 Å². The summed E-state index contributed by atoms with van der Waals surface area (Å²) in [5.74, 6) is -3.07. The third-order valence-electron chi connectivity index (χ3n) is 4.13. The molecule has 1 atom stereocenters. The number of hydrogen-bond acceptors (Lipinski definition) is 4. The highest BCUT2D eigenvalue weighted by atomic mass is 35.5. The van der Waals surface area contributed by atoms with Gasteiger partial charge in [-0.1, -0.05) is 17.7 Å². The number of carbonyl (C=O) groups excluding carboxylic acids is 2. The van der Waals surface area contributed by atoms with E-state index in [0.717, 1.165) is 12.1 Å². The molecule has 3 rings (SSSR count). The number of amides is 2. The minimum Gasteiger partial charge on any atom is -0.481 e. The molecule has 2 aromatic carbocycles. The molecule has 150 valence electrons. The Balaban J connectivity index is 1.75. The third-order valence-corrected chi connectivity index (χ3v) is 4.46. The second-order valence-electron chi connectivity index (χ2n) is 6.02. The number of nitrogens with one attached hydrogen (secondary N) is 2. The summed E-state index contributed by atoms with van der Waals surface area (Å²) in [6.07, 6.45) is 1.57. The first-order valence-corrected chi connectivity index (χ1v) is 8.90. The zero-order chi connectivity index (χ0) is 21.0. The highest BCUT2D eigenvalue weighted by Crippen LogP contribution is 2.29. The van der Waals surface area contributed by atoms with Gasteiger partial charge in [0.1, 0.15) is 17.3 Å². The predicted octanol–water partition coefficient (Wildman–Crippen LogP) is 3.15. The molecule has 0 aliphatic heterocycles. The maximum Gasteiger partial charge on any atom is 0.258 e. The van der Waals surface area contributed by atoms with Crippen LogP contribution in [0.25, 0.3) is 10.9 Å². The van der Waals surface area contributed by atoms with E-state index >= 15 is 0 Å². The lowest BCUT2D eigenvalue weighted by Crippen LogP contribution is -2.41. The minimum absolute atomic E-state index is 0.0928. The van der Waals surface area contributed by atoms with Crippen molar-refractivity contribution >= 4 is 34.3 Å². The molecule has 29 heavy (non-hydrogen) atoms. The van der Waals surface area contributed by atoms with Crippen molar-refractivity contribution in [2.75, 3.05) is 13.7 Å². The van der Waals surface area contributed by atoms with Crippen LogP contribution in [0.2, 0.25) is 5.02 Å². The lowest BCUT2D eigenvalue weighted by Gasteiger charge is -2.18. The number of ether oxygens (including phenoxy) is 1. The Morgan fingerprint density at radius 1 is 1.17 bits per heavy atom. The van der Waals surface area contributed by atoms with E-state index in [1.165, 1.54) is 13.1 Å². The van der Waals surface area contributed by atoms with Crippen LogP contribution >= 0.6 is 11.6 Å². The molecular formula is C20H16ClF2N3O3. The van der Waals surface area contributed by atoms with Gasteiger partial charge in [0.15, 0.2) is 18.2 Å². The SMILES string of the molecule is CNC(=O)C(NC(=O)COc1ccc(Cl)c2cccnc12)c1ccc(F)c(F)c1. The lowest BCUT2D eigenvalue weighted by atomic mass is 10.1. The Morgan fingerprint density at radius 3 is 2.69 bits per heavy atom. The van der Waals surface area contributed by atoms with Crippen LogP contribution < -0.4 is 15.4 Å². The van der Waals surface area contributed by atoms with Gasteiger partial charge < -0.3 is 15.4 Å². The second-order valence-corrected chi connectivity index (χ2v) is 6.43. The molecule has 0 aliphatic carbocycles. The van der Waals surface area contributed by atoms with Gasteiger partial charge in [0.05, 0.1) is 5.02 Å². The summed E-state index contributed by atoms with van der Waals surface area (Å²) < 4.78 is 32.2. The molecular weight excluding hydrogens is 404 g/mol. The fourth-order valence-electron chi connectivity index (χ4n) is 2.71. The van der Waals surface area contributed by atoms with Gasteiger partial charge in [-0.3, -0.25) is 14.6 Å². The van der Waals surface area contributed by atoms with E-state index in [1.54, 1.807) is 30.5 Å². The number of benzene rings is 2. The first kappa shape index (κ1) is 20.5. The highest BCUT2D eigenvalue weighted by molar-refractivity contribution is 6.35. The van der Waals surface area contributed by atoms with E-state index in [2.05, 4.69) is 15.6 Å². The predicted molar refractivity (Wildman–Crippen MR) is 104 cm³/mol. The van der Waals surface area contributed by atoms with E-state index in [9.17, 15) is 18.4 Å². The van der Waals surface area contributed by atoms with Crippen LogP contribution in [-0.4, -0.2) is 30.5 Å². The summed E-state index contributed by atoms with van der Waals surface area (Å²) in [6, 6.07) is 8.43. The summed E-state index contributed by atoms with van der Waals surface area (Å²) in [4.78, 5) is 28.7. The molecule has 0 saturated carbocycles. The molecule has 6 nitrogen and oxygen atoms in total. The summed E-state index contributed by atoms with van der Waals surface area (Å²) in [5.41, 5.74) is 0.575. The fraction of sp³-hybridized carbons (Fsp3) is 0.150. The van der Waals surface area contributed by atoms with Crippen LogP contribution in [0.1, 0.15) is 11.6 Å². The van der Waals surface area contributed by atoms with Crippen LogP contribution in [0.5, 0.6) is 5.75 Å². The molecule has 9 heteroatoms. The van der Waals surface area contributed by atoms with Crippen molar-refractivity contribution in [3.05, 3.63) is 70.9 Å². The Bertz CT molecular complexity index is 1080. The second kappa shape index (κ2) is 8.83. The van der Waals surface area contributed by atoms with Gasteiger partial charge in [-0.25, -0.2) is 8.78 Å². The lowest BCUT2D eigenvalue weighted by molar-refractivity contribution is -0.129. The third kappa shape index (κ3) is 4.60. The van der Waals surface area contributed by atoms with Gasteiger partial charge >= 0.3 is 0 Å². The minimum atomic E-state index is -1.22. The monoisotopic (exact) mass is 419 g/mol. The molecule has 3 aromatic rings. The number of pyridine rings is 1. The smallest absolute Gasteiger partial charge is 0.258 e. The summed E-state index contributed by atoms with van der Waals surface area (Å²) >= 11 is 6.13. The van der Waals surface area contributed by atoms with Crippen LogP contribution in [-0.2, 0) is 9.59 Å². The summed E-state index contributed by atoms with van der Waals surface area (Å²) in [6.45, 7) is -0.426. The van der Waals surface area contributed by atoms with E-state index < -0.39 is 36.1 Å². The number of aromatic nitrogens is 1. The van der Waals surface area contributed by atoms with Gasteiger partial charge in [0, 0.05) is 18.6 Å². The van der Waals surface area contributed by atoms with Crippen LogP contribution in [0.3, 0.4) is 0 Å². The molecule has 0 spiro atoms. The molecule has 2 amide bonds. The molecule has 1 heterocycles. The van der Waals surface area contributed by atoms with Crippen molar-refractivity contribution < 1.29 is 23.1 Å². The Labute approximate surface area is 169 Å². The van der Waals surface area contributed by atoms with Crippen molar-refractivity contribution in [3.8, 4) is 5.75 Å². The Kier molecular flexibility index (Phi) is 6.23. The normalized spacial score (nSPS) is 11.7. The van der Waals surface area contributed by atoms with Gasteiger partial charge in [0.2, 0.25) is 5.91 Å². The molecule has 0 aliphatic rings. The Morgan fingerprint density at radius 2 is 1.97 bits per heavy atom. The largest absolute Gasteiger partial charge is 0.481 e. The number of likely N-dealkylation sites (N-methyl/N-ethyl adjacent to an activating group) is 1. The van der Waals surface area contributed by atoms with Gasteiger partial charge in [-0.2, -0.15) is 0 Å². The standard InChI is InChI=1S/C20H16ClF2N3O3/c1-24-20(28)18(11-4-6-14(22)15(23)9-11)26-17(27)10-29-16-7-5-13(21)12-3-2-8-25-19(12)16/h2-9,18H,10H2,1H3,(H,24,28)(H,26,27). The molecule has 2 N–H and O–H groups in total. The molecule has 0 bridgehead atoms. The first-order chi connectivity index (χ1) is 13.9. The van der Waals surface area contributed by atoms with Crippen molar-refractivity contribution in [2.45, 2.75) is 6.04 Å². The maximum atomic E-state index is 13.5. The summed E-state index contributed by atoms with van der Waals surface area (Å²) in [5, 5.41) is 5.97. The van der Waals surface area contributed by atoms with E-state index in [0.29, 0.717) is 21.7 Å². The zero-order valence-electron chi connectivity index (χ0n) is 15.2. The van der Waals surface area contributed by atoms with Crippen LogP contribution in [0.15, 0.2) is 48.7 Å². The quantitative estimate of drug-likeness (QED) is 0.643. The average molecular weight is 420 g/mol. The average Bonchev–Trinajstić information content (AvgIpc) is 2.73. The van der Waals surface area contributed by atoms with Crippen LogP contribution in [0, 0.1) is 11.6 Å². The van der Waals surface area contributed by atoms with Crippen molar-refractivity contribution in [1.29, 1.82) is 0 Å². The number of hydrogen-bond donors (Lipinski definition) is 2. The maximum absolute atomic E-state index is 13.5. The Hall–Kier alpha value is -3.26. The number of fused-ring (bicyclic) bond motifs is 1. The number of halogens is 3.